The number of aryl methyl sites for hydroxylation is 2. The minimum absolute atomic E-state index is 0.0861. The van der Waals surface area contributed by atoms with Crippen molar-refractivity contribution in [1.29, 1.82) is 0 Å². The van der Waals surface area contributed by atoms with Gasteiger partial charge in [0.1, 0.15) is 0 Å². The summed E-state index contributed by atoms with van der Waals surface area (Å²) in [6, 6.07) is 5.05. The molecule has 0 radical (unpaired) electrons. The molecule has 0 spiro atoms. The molecule has 0 atom stereocenters. The first kappa shape index (κ1) is 15.7. The zero-order valence-corrected chi connectivity index (χ0v) is 13.8. The van der Waals surface area contributed by atoms with Gasteiger partial charge in [-0.25, -0.2) is 0 Å². The largest absolute Gasteiger partial charge is 0.308 e. The molecule has 1 N–H and O–H groups in total. The number of halogens is 1. The Morgan fingerprint density at radius 2 is 2.10 bits per heavy atom. The Hall–Kier alpha value is -1.73. The fourth-order valence-corrected chi connectivity index (χ4v) is 2.79. The van der Waals surface area contributed by atoms with Crippen LogP contribution in [-0.2, 0) is 20.1 Å². The molecule has 0 aliphatic rings. The number of aromatic nitrogens is 2. The van der Waals surface area contributed by atoms with Gasteiger partial charge in [-0.2, -0.15) is 5.10 Å². The average Bonchev–Trinajstić information content (AvgIpc) is 2.66. The van der Waals surface area contributed by atoms with Crippen LogP contribution in [0.5, 0.6) is 0 Å². The van der Waals surface area contributed by atoms with Crippen molar-refractivity contribution in [2.75, 3.05) is 0 Å². The Balaban J connectivity index is 2.07. The van der Waals surface area contributed by atoms with Gasteiger partial charge in [0.2, 0.25) is 0 Å². The molecule has 0 saturated heterocycles. The molecule has 112 valence electrons. The molecular formula is C14H17BrN4O2. The highest BCUT2D eigenvalue weighted by Gasteiger charge is 2.15. The highest BCUT2D eigenvalue weighted by molar-refractivity contribution is 9.10. The van der Waals surface area contributed by atoms with E-state index >= 15 is 0 Å². The maximum Gasteiger partial charge on any atom is 0.283 e. The van der Waals surface area contributed by atoms with E-state index in [0.717, 1.165) is 17.0 Å². The Labute approximate surface area is 131 Å². The van der Waals surface area contributed by atoms with Crippen LogP contribution in [0.25, 0.3) is 0 Å². The fraction of sp³-hybridized carbons (Fsp3) is 0.357. The first-order valence-corrected chi connectivity index (χ1v) is 7.32. The summed E-state index contributed by atoms with van der Waals surface area (Å²) >= 11 is 3.30. The van der Waals surface area contributed by atoms with E-state index in [0.29, 0.717) is 17.6 Å². The Morgan fingerprint density at radius 1 is 1.38 bits per heavy atom. The molecule has 0 aliphatic carbocycles. The topological polar surface area (TPSA) is 73.0 Å². The quantitative estimate of drug-likeness (QED) is 0.663. The molecule has 1 aromatic carbocycles. The van der Waals surface area contributed by atoms with Gasteiger partial charge >= 0.3 is 0 Å². The molecule has 0 amide bonds. The number of benzene rings is 1. The highest BCUT2D eigenvalue weighted by Crippen LogP contribution is 2.28. The smallest absolute Gasteiger partial charge is 0.283 e. The minimum Gasteiger partial charge on any atom is -0.308 e. The lowest BCUT2D eigenvalue weighted by Crippen LogP contribution is -2.14. The van der Waals surface area contributed by atoms with Gasteiger partial charge in [-0.3, -0.25) is 14.8 Å². The molecule has 1 heterocycles. The maximum atomic E-state index is 10.9. The summed E-state index contributed by atoms with van der Waals surface area (Å²) in [5, 5.41) is 18.6. The van der Waals surface area contributed by atoms with Crippen LogP contribution in [0.1, 0.15) is 22.5 Å². The fourth-order valence-electron chi connectivity index (χ4n) is 2.24. The summed E-state index contributed by atoms with van der Waals surface area (Å²) < 4.78 is 2.39. The number of hydrogen-bond acceptors (Lipinski definition) is 4. The van der Waals surface area contributed by atoms with E-state index in [1.807, 2.05) is 31.6 Å². The van der Waals surface area contributed by atoms with E-state index in [1.54, 1.807) is 6.07 Å². The van der Waals surface area contributed by atoms with Gasteiger partial charge in [0.15, 0.2) is 0 Å². The summed E-state index contributed by atoms with van der Waals surface area (Å²) in [6.07, 6.45) is 0. The highest BCUT2D eigenvalue weighted by atomic mass is 79.9. The Morgan fingerprint density at radius 3 is 2.67 bits per heavy atom. The van der Waals surface area contributed by atoms with E-state index in [2.05, 4.69) is 26.3 Å². The van der Waals surface area contributed by atoms with Crippen LogP contribution in [0, 0.1) is 24.0 Å². The van der Waals surface area contributed by atoms with Crippen molar-refractivity contribution in [3.05, 3.63) is 55.3 Å². The van der Waals surface area contributed by atoms with Crippen LogP contribution >= 0.6 is 15.9 Å². The SMILES string of the molecule is Cc1nn(C)c(C)c1CNCc1cccc([N+](=O)[O-])c1Br. The van der Waals surface area contributed by atoms with E-state index in [-0.39, 0.29) is 10.6 Å². The number of nitrogens with zero attached hydrogens (tertiary/aromatic N) is 3. The molecule has 7 heteroatoms. The maximum absolute atomic E-state index is 10.9. The van der Waals surface area contributed by atoms with Crippen LogP contribution in [0.4, 0.5) is 5.69 Å². The summed E-state index contributed by atoms with van der Waals surface area (Å²) in [6.45, 7) is 5.24. The first-order chi connectivity index (χ1) is 9.91. The van der Waals surface area contributed by atoms with Gasteiger partial charge in [-0.15, -0.1) is 0 Å². The van der Waals surface area contributed by atoms with E-state index in [1.165, 1.54) is 11.6 Å². The third-order valence-electron chi connectivity index (χ3n) is 3.53. The predicted octanol–water partition coefficient (Wildman–Crippen LogP) is 3.00. The molecule has 6 nitrogen and oxygen atoms in total. The molecule has 0 bridgehead atoms. The van der Waals surface area contributed by atoms with Crippen molar-refractivity contribution < 1.29 is 4.92 Å². The van der Waals surface area contributed by atoms with Crippen LogP contribution in [0.2, 0.25) is 0 Å². The van der Waals surface area contributed by atoms with Gasteiger partial charge < -0.3 is 5.32 Å². The van der Waals surface area contributed by atoms with Gasteiger partial charge in [0.05, 0.1) is 15.1 Å². The second-order valence-electron chi connectivity index (χ2n) is 4.88. The summed E-state index contributed by atoms with van der Waals surface area (Å²) in [5.41, 5.74) is 4.24. The number of hydrogen-bond donors (Lipinski definition) is 1. The lowest BCUT2D eigenvalue weighted by molar-refractivity contribution is -0.385. The van der Waals surface area contributed by atoms with Crippen LogP contribution in [0.15, 0.2) is 22.7 Å². The van der Waals surface area contributed by atoms with Crippen molar-refractivity contribution in [3.8, 4) is 0 Å². The van der Waals surface area contributed by atoms with Gasteiger partial charge in [0, 0.05) is 37.5 Å². The molecule has 0 aliphatic heterocycles. The molecule has 0 fully saturated rings. The Bertz CT molecular complexity index is 682. The zero-order valence-electron chi connectivity index (χ0n) is 12.2. The first-order valence-electron chi connectivity index (χ1n) is 6.53. The number of nitrogens with one attached hydrogen (secondary N) is 1. The minimum atomic E-state index is -0.386. The van der Waals surface area contributed by atoms with Gasteiger partial charge in [-0.05, 0) is 35.3 Å². The summed E-state index contributed by atoms with van der Waals surface area (Å²) in [7, 11) is 1.92. The van der Waals surface area contributed by atoms with E-state index in [4.69, 9.17) is 0 Å². The molecule has 2 rings (SSSR count). The van der Waals surface area contributed by atoms with Crippen molar-refractivity contribution >= 4 is 21.6 Å². The van der Waals surface area contributed by atoms with E-state index < -0.39 is 0 Å². The number of rotatable bonds is 5. The molecule has 2 aromatic rings. The van der Waals surface area contributed by atoms with Crippen molar-refractivity contribution in [1.82, 2.24) is 15.1 Å². The number of nitro groups is 1. The molecule has 0 unspecified atom stereocenters. The predicted molar refractivity (Wildman–Crippen MR) is 84.0 cm³/mol. The van der Waals surface area contributed by atoms with Gasteiger partial charge in [0.25, 0.3) is 5.69 Å². The lowest BCUT2D eigenvalue weighted by atomic mass is 10.1. The summed E-state index contributed by atoms with van der Waals surface area (Å²) in [4.78, 5) is 10.5. The second-order valence-corrected chi connectivity index (χ2v) is 5.68. The standard InChI is InChI=1S/C14H17BrN4O2/c1-9-12(10(2)18(3)17-9)8-16-7-11-5-4-6-13(14(11)15)19(20)21/h4-6,16H,7-8H2,1-3H3. The van der Waals surface area contributed by atoms with E-state index in [9.17, 15) is 10.1 Å². The third-order valence-corrected chi connectivity index (χ3v) is 4.45. The zero-order chi connectivity index (χ0) is 15.6. The second kappa shape index (κ2) is 6.36. The Kier molecular flexibility index (Phi) is 4.74. The normalized spacial score (nSPS) is 10.9. The number of nitro benzene ring substituents is 1. The monoisotopic (exact) mass is 352 g/mol. The lowest BCUT2D eigenvalue weighted by Gasteiger charge is -2.08. The molecule has 0 saturated carbocycles. The average molecular weight is 353 g/mol. The van der Waals surface area contributed by atoms with Gasteiger partial charge in [-0.1, -0.05) is 12.1 Å². The third kappa shape index (κ3) is 3.30. The van der Waals surface area contributed by atoms with Crippen LogP contribution in [0.3, 0.4) is 0 Å². The van der Waals surface area contributed by atoms with Crippen LogP contribution in [-0.4, -0.2) is 14.7 Å². The molecule has 21 heavy (non-hydrogen) atoms. The summed E-state index contributed by atoms with van der Waals surface area (Å²) in [5.74, 6) is 0. The van der Waals surface area contributed by atoms with Crippen molar-refractivity contribution in [2.45, 2.75) is 26.9 Å². The van der Waals surface area contributed by atoms with Crippen molar-refractivity contribution in [3.63, 3.8) is 0 Å². The molecular weight excluding hydrogens is 336 g/mol. The van der Waals surface area contributed by atoms with Crippen LogP contribution < -0.4 is 5.32 Å². The van der Waals surface area contributed by atoms with Crippen molar-refractivity contribution in [2.24, 2.45) is 7.05 Å². The molecule has 1 aromatic heterocycles.